The zero-order chi connectivity index (χ0) is 15.9. The van der Waals surface area contributed by atoms with E-state index in [0.29, 0.717) is 5.95 Å². The molecule has 1 unspecified atom stereocenters. The highest BCUT2D eigenvalue weighted by atomic mass is 32.2. The maximum atomic E-state index is 12.1. The molecule has 23 heavy (non-hydrogen) atoms. The Morgan fingerprint density at radius 2 is 1.83 bits per heavy atom. The number of hydrogen-bond acceptors (Lipinski definition) is 5. The highest BCUT2D eigenvalue weighted by Crippen LogP contribution is 2.30. The van der Waals surface area contributed by atoms with E-state index in [4.69, 9.17) is 0 Å². The molecule has 0 fully saturated rings. The van der Waals surface area contributed by atoms with Crippen molar-refractivity contribution in [2.24, 2.45) is 0 Å². The van der Waals surface area contributed by atoms with Gasteiger partial charge in [-0.05, 0) is 17.2 Å². The average molecular weight is 325 g/mol. The highest BCUT2D eigenvalue weighted by Gasteiger charge is 2.29. The Morgan fingerprint density at radius 1 is 1.04 bits per heavy atom. The van der Waals surface area contributed by atoms with E-state index in [0.717, 1.165) is 22.0 Å². The molecule has 0 spiro atoms. The number of para-hydroxylation sites is 1. The molecule has 3 aromatic rings. The normalized spacial score (nSPS) is 19.2. The molecule has 1 aliphatic heterocycles. The van der Waals surface area contributed by atoms with Crippen molar-refractivity contribution in [3.05, 3.63) is 65.9 Å². The van der Waals surface area contributed by atoms with E-state index in [2.05, 4.69) is 15.3 Å². The fourth-order valence-corrected chi connectivity index (χ4v) is 4.59. The first-order valence-corrected chi connectivity index (χ1v) is 9.19. The van der Waals surface area contributed by atoms with Gasteiger partial charge in [0, 0.05) is 11.6 Å². The van der Waals surface area contributed by atoms with Gasteiger partial charge in [-0.1, -0.05) is 42.5 Å². The van der Waals surface area contributed by atoms with Crippen molar-refractivity contribution in [1.82, 2.24) is 9.97 Å². The molecule has 1 N–H and O–H groups in total. The standard InChI is InChI=1S/C17H15N3O2S/c21-23(22)10-13-6-1-3-7-14(13)16(11-23)20-17-18-9-12-5-2-4-8-15(12)19-17/h1-9,16H,10-11H2,(H,18,19,20). The minimum atomic E-state index is -3.13. The van der Waals surface area contributed by atoms with E-state index in [1.165, 1.54) is 0 Å². The molecular weight excluding hydrogens is 310 g/mol. The maximum absolute atomic E-state index is 12.1. The molecule has 1 atom stereocenters. The second kappa shape index (κ2) is 5.31. The van der Waals surface area contributed by atoms with E-state index in [1.807, 2.05) is 48.5 Å². The molecule has 6 heteroatoms. The molecule has 0 saturated heterocycles. The first kappa shape index (κ1) is 14.1. The van der Waals surface area contributed by atoms with Crippen molar-refractivity contribution in [3.63, 3.8) is 0 Å². The fraction of sp³-hybridized carbons (Fsp3) is 0.176. The topological polar surface area (TPSA) is 72.0 Å². The Morgan fingerprint density at radius 3 is 2.74 bits per heavy atom. The molecule has 1 aromatic heterocycles. The van der Waals surface area contributed by atoms with Gasteiger partial charge < -0.3 is 5.32 Å². The smallest absolute Gasteiger partial charge is 0.223 e. The Kier molecular flexibility index (Phi) is 3.27. The molecule has 0 saturated carbocycles. The number of fused-ring (bicyclic) bond motifs is 2. The van der Waals surface area contributed by atoms with Gasteiger partial charge in [0.25, 0.3) is 0 Å². The van der Waals surface area contributed by atoms with Crippen LogP contribution in [0.5, 0.6) is 0 Å². The quantitative estimate of drug-likeness (QED) is 0.784. The lowest BCUT2D eigenvalue weighted by Crippen LogP contribution is -2.29. The molecule has 4 rings (SSSR count). The minimum Gasteiger partial charge on any atom is -0.346 e. The van der Waals surface area contributed by atoms with E-state index in [1.54, 1.807) is 6.20 Å². The predicted octanol–water partition coefficient (Wildman–Crippen LogP) is 2.71. The van der Waals surface area contributed by atoms with Crippen LogP contribution >= 0.6 is 0 Å². The Labute approximate surface area is 134 Å². The van der Waals surface area contributed by atoms with Gasteiger partial charge in [0.15, 0.2) is 9.84 Å². The van der Waals surface area contributed by atoms with Crippen molar-refractivity contribution in [1.29, 1.82) is 0 Å². The second-order valence-corrected chi connectivity index (χ2v) is 7.81. The zero-order valence-corrected chi connectivity index (χ0v) is 13.1. The van der Waals surface area contributed by atoms with Crippen molar-refractivity contribution in [2.45, 2.75) is 11.8 Å². The SMILES string of the molecule is O=S1(=O)Cc2ccccc2C(Nc2ncc3ccccc3n2)C1. The molecule has 5 nitrogen and oxygen atoms in total. The highest BCUT2D eigenvalue weighted by molar-refractivity contribution is 7.90. The summed E-state index contributed by atoms with van der Waals surface area (Å²) in [6, 6.07) is 15.0. The molecule has 0 radical (unpaired) electrons. The van der Waals surface area contributed by atoms with E-state index >= 15 is 0 Å². The number of anilines is 1. The third-order valence-corrected chi connectivity index (χ3v) is 5.61. The lowest BCUT2D eigenvalue weighted by molar-refractivity contribution is 0.585. The fourth-order valence-electron chi connectivity index (χ4n) is 2.96. The summed E-state index contributed by atoms with van der Waals surface area (Å²) in [5, 5.41) is 4.14. The summed E-state index contributed by atoms with van der Waals surface area (Å²) in [5.74, 6) is 0.598. The Balaban J connectivity index is 1.72. The van der Waals surface area contributed by atoms with Crippen LogP contribution in [0.4, 0.5) is 5.95 Å². The summed E-state index contributed by atoms with van der Waals surface area (Å²) >= 11 is 0. The predicted molar refractivity (Wildman–Crippen MR) is 89.8 cm³/mol. The van der Waals surface area contributed by atoms with E-state index in [9.17, 15) is 8.42 Å². The second-order valence-electron chi connectivity index (χ2n) is 5.70. The largest absolute Gasteiger partial charge is 0.346 e. The average Bonchev–Trinajstić information content (AvgIpc) is 2.54. The number of hydrogen-bond donors (Lipinski definition) is 1. The number of nitrogens with zero attached hydrogens (tertiary/aromatic N) is 2. The maximum Gasteiger partial charge on any atom is 0.223 e. The Hall–Kier alpha value is -2.47. The number of nitrogens with one attached hydrogen (secondary N) is 1. The van der Waals surface area contributed by atoms with Crippen LogP contribution in [-0.2, 0) is 15.6 Å². The number of sulfone groups is 1. The van der Waals surface area contributed by atoms with Crippen molar-refractivity contribution in [3.8, 4) is 0 Å². The van der Waals surface area contributed by atoms with Gasteiger partial charge in [-0.3, -0.25) is 0 Å². The van der Waals surface area contributed by atoms with Gasteiger partial charge in [-0.15, -0.1) is 0 Å². The molecule has 1 aliphatic rings. The van der Waals surface area contributed by atoms with Crippen LogP contribution in [0.1, 0.15) is 17.2 Å². The number of benzene rings is 2. The van der Waals surface area contributed by atoms with E-state index < -0.39 is 9.84 Å². The van der Waals surface area contributed by atoms with Crippen LogP contribution in [0.15, 0.2) is 54.7 Å². The van der Waals surface area contributed by atoms with Crippen LogP contribution in [0, 0.1) is 0 Å². The minimum absolute atomic E-state index is 0.0558. The van der Waals surface area contributed by atoms with Gasteiger partial charge in [-0.25, -0.2) is 18.4 Å². The molecule has 116 valence electrons. The van der Waals surface area contributed by atoms with Crippen molar-refractivity contribution < 1.29 is 8.42 Å². The molecular formula is C17H15N3O2S. The lowest BCUT2D eigenvalue weighted by Gasteiger charge is -2.26. The van der Waals surface area contributed by atoms with Gasteiger partial charge >= 0.3 is 0 Å². The van der Waals surface area contributed by atoms with Crippen LogP contribution in [-0.4, -0.2) is 24.1 Å². The first-order valence-electron chi connectivity index (χ1n) is 7.37. The summed E-state index contributed by atoms with van der Waals surface area (Å²) in [6.45, 7) is 0. The molecule has 0 amide bonds. The first-order chi connectivity index (χ1) is 11.1. The van der Waals surface area contributed by atoms with Crippen LogP contribution < -0.4 is 5.32 Å². The molecule has 0 bridgehead atoms. The number of aromatic nitrogens is 2. The summed E-state index contributed by atoms with van der Waals surface area (Å²) in [6.07, 6.45) is 1.74. The van der Waals surface area contributed by atoms with E-state index in [-0.39, 0.29) is 17.5 Å². The van der Waals surface area contributed by atoms with Gasteiger partial charge in [0.05, 0.1) is 23.1 Å². The molecule has 2 heterocycles. The summed E-state index contributed by atoms with van der Waals surface area (Å²) in [5.41, 5.74) is 2.67. The number of rotatable bonds is 2. The van der Waals surface area contributed by atoms with Crippen LogP contribution in [0.3, 0.4) is 0 Å². The van der Waals surface area contributed by atoms with Gasteiger partial charge in [-0.2, -0.15) is 0 Å². The van der Waals surface area contributed by atoms with Crippen LogP contribution in [0.2, 0.25) is 0 Å². The summed E-state index contributed by atoms with van der Waals surface area (Å²) in [7, 11) is -3.13. The summed E-state index contributed by atoms with van der Waals surface area (Å²) < 4.78 is 24.3. The van der Waals surface area contributed by atoms with Crippen molar-refractivity contribution >= 4 is 26.7 Å². The van der Waals surface area contributed by atoms with Gasteiger partial charge in [0.1, 0.15) is 0 Å². The van der Waals surface area contributed by atoms with Crippen LogP contribution in [0.25, 0.3) is 10.9 Å². The zero-order valence-electron chi connectivity index (χ0n) is 12.3. The Bertz CT molecular complexity index is 986. The van der Waals surface area contributed by atoms with Gasteiger partial charge in [0.2, 0.25) is 5.95 Å². The molecule has 2 aromatic carbocycles. The lowest BCUT2D eigenvalue weighted by atomic mass is 10.0. The monoisotopic (exact) mass is 325 g/mol. The van der Waals surface area contributed by atoms with Crippen molar-refractivity contribution in [2.75, 3.05) is 11.1 Å². The third-order valence-electron chi connectivity index (χ3n) is 4.02. The summed E-state index contributed by atoms with van der Waals surface area (Å²) in [4.78, 5) is 8.78. The third kappa shape index (κ3) is 2.77. The molecule has 0 aliphatic carbocycles.